The highest BCUT2D eigenvalue weighted by Gasteiger charge is 2.19. The standard InChI is InChI=1S/C18H27N3O3/c1-5-6-15(7-8-22)11-19-18(23)16-9-12(2)21(14(16)4)17-10-13(3)24-20-17/h9-10,15,22H,5-8,11H2,1-4H3,(H,19,23). The van der Waals surface area contributed by atoms with E-state index in [9.17, 15) is 4.79 Å². The molecule has 1 amide bonds. The molecule has 0 spiro atoms. The van der Waals surface area contributed by atoms with Crippen molar-refractivity contribution in [3.63, 3.8) is 0 Å². The summed E-state index contributed by atoms with van der Waals surface area (Å²) in [6.07, 6.45) is 2.75. The van der Waals surface area contributed by atoms with Gasteiger partial charge >= 0.3 is 0 Å². The average Bonchev–Trinajstić information content (AvgIpc) is 3.08. The predicted molar refractivity (Wildman–Crippen MR) is 92.5 cm³/mol. The number of aromatic nitrogens is 2. The van der Waals surface area contributed by atoms with Gasteiger partial charge in [-0.15, -0.1) is 0 Å². The van der Waals surface area contributed by atoms with E-state index in [1.54, 1.807) is 0 Å². The van der Waals surface area contributed by atoms with E-state index in [0.29, 0.717) is 30.3 Å². The van der Waals surface area contributed by atoms with Gasteiger partial charge in [0.2, 0.25) is 0 Å². The molecule has 2 N–H and O–H groups in total. The number of carbonyl (C=O) groups is 1. The minimum absolute atomic E-state index is 0.0893. The van der Waals surface area contributed by atoms with Crippen LogP contribution in [-0.2, 0) is 0 Å². The van der Waals surface area contributed by atoms with Gasteiger partial charge in [0.15, 0.2) is 5.82 Å². The van der Waals surface area contributed by atoms with E-state index in [1.807, 2.05) is 37.5 Å². The number of aryl methyl sites for hydroxylation is 2. The van der Waals surface area contributed by atoms with E-state index >= 15 is 0 Å². The molecule has 0 fully saturated rings. The number of hydrogen-bond acceptors (Lipinski definition) is 4. The lowest BCUT2D eigenvalue weighted by Crippen LogP contribution is -2.30. The number of nitrogens with one attached hydrogen (secondary N) is 1. The number of aliphatic hydroxyl groups is 1. The van der Waals surface area contributed by atoms with Crippen LogP contribution in [0.5, 0.6) is 0 Å². The number of aliphatic hydroxyl groups excluding tert-OH is 1. The zero-order chi connectivity index (χ0) is 17.7. The van der Waals surface area contributed by atoms with Gasteiger partial charge < -0.3 is 14.9 Å². The normalized spacial score (nSPS) is 12.4. The molecule has 2 rings (SSSR count). The third-order valence-electron chi connectivity index (χ3n) is 4.31. The topological polar surface area (TPSA) is 80.3 Å². The Morgan fingerprint density at radius 1 is 1.33 bits per heavy atom. The van der Waals surface area contributed by atoms with Gasteiger partial charge in [0.05, 0.1) is 5.56 Å². The first-order chi connectivity index (χ1) is 11.5. The number of rotatable bonds is 8. The van der Waals surface area contributed by atoms with Gasteiger partial charge in [0, 0.05) is 30.6 Å². The first-order valence-electron chi connectivity index (χ1n) is 8.49. The largest absolute Gasteiger partial charge is 0.396 e. The van der Waals surface area contributed by atoms with Gasteiger partial charge in [-0.2, -0.15) is 0 Å². The fraction of sp³-hybridized carbons (Fsp3) is 0.556. The van der Waals surface area contributed by atoms with Crippen LogP contribution in [0.15, 0.2) is 16.7 Å². The van der Waals surface area contributed by atoms with Crippen molar-refractivity contribution in [1.29, 1.82) is 0 Å². The van der Waals surface area contributed by atoms with E-state index < -0.39 is 0 Å². The van der Waals surface area contributed by atoms with Gasteiger partial charge in [-0.3, -0.25) is 9.36 Å². The molecule has 1 atom stereocenters. The molecule has 0 radical (unpaired) electrons. The van der Waals surface area contributed by atoms with Crippen molar-refractivity contribution in [2.75, 3.05) is 13.2 Å². The van der Waals surface area contributed by atoms with Gasteiger partial charge in [-0.05, 0) is 45.6 Å². The maximum atomic E-state index is 12.5. The highest BCUT2D eigenvalue weighted by molar-refractivity contribution is 5.95. The second-order valence-corrected chi connectivity index (χ2v) is 6.29. The molecule has 0 saturated carbocycles. The van der Waals surface area contributed by atoms with Gasteiger partial charge in [-0.25, -0.2) is 0 Å². The van der Waals surface area contributed by atoms with Crippen molar-refractivity contribution in [3.8, 4) is 5.82 Å². The molecule has 0 aliphatic carbocycles. The van der Waals surface area contributed by atoms with Crippen LogP contribution in [-0.4, -0.2) is 33.9 Å². The molecule has 132 valence electrons. The number of carbonyl (C=O) groups excluding carboxylic acids is 1. The van der Waals surface area contributed by atoms with Crippen molar-refractivity contribution < 1.29 is 14.4 Å². The third kappa shape index (κ3) is 4.06. The van der Waals surface area contributed by atoms with Crippen molar-refractivity contribution in [1.82, 2.24) is 15.0 Å². The summed E-state index contributed by atoms with van der Waals surface area (Å²) in [7, 11) is 0. The molecule has 1 unspecified atom stereocenters. The summed E-state index contributed by atoms with van der Waals surface area (Å²) < 4.78 is 7.06. The fourth-order valence-corrected chi connectivity index (χ4v) is 3.08. The molecular weight excluding hydrogens is 306 g/mol. The Balaban J connectivity index is 2.13. The van der Waals surface area contributed by atoms with Crippen LogP contribution in [0.25, 0.3) is 5.82 Å². The number of hydrogen-bond donors (Lipinski definition) is 2. The maximum Gasteiger partial charge on any atom is 0.253 e. The van der Waals surface area contributed by atoms with Crippen LogP contribution in [0.2, 0.25) is 0 Å². The molecule has 0 aliphatic rings. The van der Waals surface area contributed by atoms with Crippen molar-refractivity contribution in [2.45, 2.75) is 47.0 Å². The molecule has 24 heavy (non-hydrogen) atoms. The van der Waals surface area contributed by atoms with Gasteiger partial charge in [0.1, 0.15) is 5.76 Å². The van der Waals surface area contributed by atoms with Crippen LogP contribution in [0.3, 0.4) is 0 Å². The van der Waals surface area contributed by atoms with Crippen LogP contribution < -0.4 is 5.32 Å². The molecule has 0 bridgehead atoms. The molecule has 2 aromatic heterocycles. The second-order valence-electron chi connectivity index (χ2n) is 6.29. The van der Waals surface area contributed by atoms with Crippen molar-refractivity contribution in [3.05, 3.63) is 34.8 Å². The minimum atomic E-state index is -0.0893. The maximum absolute atomic E-state index is 12.5. The molecular formula is C18H27N3O3. The Bertz CT molecular complexity index is 682. The first-order valence-corrected chi connectivity index (χ1v) is 8.49. The molecule has 0 saturated heterocycles. The third-order valence-corrected chi connectivity index (χ3v) is 4.31. The van der Waals surface area contributed by atoms with Crippen LogP contribution >= 0.6 is 0 Å². The smallest absolute Gasteiger partial charge is 0.253 e. The van der Waals surface area contributed by atoms with E-state index in [2.05, 4.69) is 17.4 Å². The Morgan fingerprint density at radius 3 is 2.67 bits per heavy atom. The van der Waals surface area contributed by atoms with E-state index in [1.165, 1.54) is 0 Å². The molecule has 6 heteroatoms. The van der Waals surface area contributed by atoms with E-state index in [0.717, 1.165) is 30.0 Å². The lowest BCUT2D eigenvalue weighted by molar-refractivity contribution is 0.0942. The zero-order valence-corrected chi connectivity index (χ0v) is 14.9. The Kier molecular flexibility index (Phi) is 6.20. The van der Waals surface area contributed by atoms with Gasteiger partial charge in [0.25, 0.3) is 5.91 Å². The molecule has 0 aliphatic heterocycles. The summed E-state index contributed by atoms with van der Waals surface area (Å²) in [5.74, 6) is 1.64. The molecule has 6 nitrogen and oxygen atoms in total. The SMILES string of the molecule is CCCC(CCO)CNC(=O)c1cc(C)n(-c2cc(C)on2)c1C. The van der Waals surface area contributed by atoms with E-state index in [4.69, 9.17) is 9.63 Å². The first kappa shape index (κ1) is 18.3. The number of nitrogens with zero attached hydrogens (tertiary/aromatic N) is 2. The molecule has 0 aromatic carbocycles. The predicted octanol–water partition coefficient (Wildman–Crippen LogP) is 2.92. The minimum Gasteiger partial charge on any atom is -0.396 e. The molecule has 2 heterocycles. The average molecular weight is 333 g/mol. The Morgan fingerprint density at radius 2 is 2.08 bits per heavy atom. The Labute approximate surface area is 142 Å². The van der Waals surface area contributed by atoms with Crippen LogP contribution in [0, 0.1) is 26.7 Å². The highest BCUT2D eigenvalue weighted by Crippen LogP contribution is 2.21. The summed E-state index contributed by atoms with van der Waals surface area (Å²) in [4.78, 5) is 12.5. The fourth-order valence-electron chi connectivity index (χ4n) is 3.08. The van der Waals surface area contributed by atoms with Crippen LogP contribution in [0.4, 0.5) is 0 Å². The van der Waals surface area contributed by atoms with Crippen molar-refractivity contribution in [2.24, 2.45) is 5.92 Å². The quantitative estimate of drug-likeness (QED) is 0.778. The highest BCUT2D eigenvalue weighted by atomic mass is 16.5. The summed E-state index contributed by atoms with van der Waals surface area (Å²) in [6, 6.07) is 3.72. The van der Waals surface area contributed by atoms with E-state index in [-0.39, 0.29) is 12.5 Å². The van der Waals surface area contributed by atoms with Crippen molar-refractivity contribution >= 4 is 5.91 Å². The molecule has 2 aromatic rings. The Hall–Kier alpha value is -2.08. The summed E-state index contributed by atoms with van der Waals surface area (Å²) in [5, 5.41) is 16.2. The zero-order valence-electron chi connectivity index (χ0n) is 14.9. The monoisotopic (exact) mass is 333 g/mol. The lowest BCUT2D eigenvalue weighted by Gasteiger charge is -2.15. The second kappa shape index (κ2) is 8.15. The summed E-state index contributed by atoms with van der Waals surface area (Å²) in [6.45, 7) is 8.54. The lowest BCUT2D eigenvalue weighted by atomic mass is 10.00. The summed E-state index contributed by atoms with van der Waals surface area (Å²) >= 11 is 0. The van der Waals surface area contributed by atoms with Gasteiger partial charge in [-0.1, -0.05) is 18.5 Å². The summed E-state index contributed by atoms with van der Waals surface area (Å²) in [5.41, 5.74) is 2.42. The van der Waals surface area contributed by atoms with Crippen LogP contribution in [0.1, 0.15) is 53.7 Å². The number of amides is 1.